The topological polar surface area (TPSA) is 95.6 Å². The standard InChI is InChI=1S/C19H29N3O4S/c1-19(2,3)16(21-27(4,25)26)18(24)22-12-10-14(11-13-22)17(23)20-15-8-6-5-7-9-15/h5-9,14,16,21H,10-13H2,1-4H3,(H,20,23). The van der Waals surface area contributed by atoms with Crippen LogP contribution in [0.4, 0.5) is 5.69 Å². The summed E-state index contributed by atoms with van der Waals surface area (Å²) in [5, 5.41) is 2.90. The SMILES string of the molecule is CC(C)(C)C(NS(C)(=O)=O)C(=O)N1CCC(C(=O)Nc2ccccc2)CC1. The second-order valence-electron chi connectivity index (χ2n) is 8.14. The van der Waals surface area contributed by atoms with Gasteiger partial charge in [-0.3, -0.25) is 9.59 Å². The average molecular weight is 396 g/mol. The summed E-state index contributed by atoms with van der Waals surface area (Å²) in [6, 6.07) is 8.44. The predicted octanol–water partition coefficient (Wildman–Crippen LogP) is 1.83. The summed E-state index contributed by atoms with van der Waals surface area (Å²) in [7, 11) is -3.51. The van der Waals surface area contributed by atoms with Gasteiger partial charge in [0.1, 0.15) is 6.04 Å². The summed E-state index contributed by atoms with van der Waals surface area (Å²) in [4.78, 5) is 27.0. The zero-order chi connectivity index (χ0) is 20.2. The number of nitrogens with zero attached hydrogens (tertiary/aromatic N) is 1. The zero-order valence-electron chi connectivity index (χ0n) is 16.4. The highest BCUT2D eigenvalue weighted by Crippen LogP contribution is 2.25. The van der Waals surface area contributed by atoms with E-state index >= 15 is 0 Å². The Morgan fingerprint density at radius 1 is 1.11 bits per heavy atom. The van der Waals surface area contributed by atoms with Crippen LogP contribution in [0.15, 0.2) is 30.3 Å². The Labute approximate surface area is 161 Å². The molecule has 1 aromatic carbocycles. The number of carbonyl (C=O) groups is 2. The molecule has 1 heterocycles. The van der Waals surface area contributed by atoms with Crippen LogP contribution >= 0.6 is 0 Å². The highest BCUT2D eigenvalue weighted by Gasteiger charge is 2.38. The van der Waals surface area contributed by atoms with Crippen LogP contribution in [0.25, 0.3) is 0 Å². The molecular formula is C19H29N3O4S. The van der Waals surface area contributed by atoms with Crippen LogP contribution in [0.2, 0.25) is 0 Å². The zero-order valence-corrected chi connectivity index (χ0v) is 17.2. The van der Waals surface area contributed by atoms with E-state index in [4.69, 9.17) is 0 Å². The number of carbonyl (C=O) groups excluding carboxylic acids is 2. The van der Waals surface area contributed by atoms with Gasteiger partial charge in [0.2, 0.25) is 21.8 Å². The minimum absolute atomic E-state index is 0.0464. The van der Waals surface area contributed by atoms with Crippen LogP contribution in [0.5, 0.6) is 0 Å². The molecule has 2 amide bonds. The second-order valence-corrected chi connectivity index (χ2v) is 9.92. The number of sulfonamides is 1. The smallest absolute Gasteiger partial charge is 0.241 e. The second kappa shape index (κ2) is 8.39. The summed E-state index contributed by atoms with van der Waals surface area (Å²) < 4.78 is 25.8. The quantitative estimate of drug-likeness (QED) is 0.795. The van der Waals surface area contributed by atoms with Crippen molar-refractivity contribution in [2.45, 2.75) is 39.7 Å². The fraction of sp³-hybridized carbons (Fsp3) is 0.579. The van der Waals surface area contributed by atoms with Crippen molar-refractivity contribution >= 4 is 27.5 Å². The summed E-state index contributed by atoms with van der Waals surface area (Å²) in [5.41, 5.74) is 0.202. The summed E-state index contributed by atoms with van der Waals surface area (Å²) >= 11 is 0. The number of hydrogen-bond donors (Lipinski definition) is 2. The molecule has 1 unspecified atom stereocenters. The maximum absolute atomic E-state index is 12.9. The van der Waals surface area contributed by atoms with Gasteiger partial charge in [-0.15, -0.1) is 0 Å². The number of hydrogen-bond acceptors (Lipinski definition) is 4. The van der Waals surface area contributed by atoms with Gasteiger partial charge >= 0.3 is 0 Å². The number of likely N-dealkylation sites (tertiary alicyclic amines) is 1. The van der Waals surface area contributed by atoms with E-state index in [1.807, 2.05) is 51.1 Å². The molecule has 150 valence electrons. The average Bonchev–Trinajstić information content (AvgIpc) is 2.58. The Morgan fingerprint density at radius 2 is 1.67 bits per heavy atom. The molecule has 1 aromatic rings. The van der Waals surface area contributed by atoms with Gasteiger partial charge in [0.15, 0.2) is 0 Å². The van der Waals surface area contributed by atoms with E-state index in [0.717, 1.165) is 11.9 Å². The van der Waals surface area contributed by atoms with Crippen LogP contribution in [-0.4, -0.2) is 50.5 Å². The fourth-order valence-corrected chi connectivity index (χ4v) is 4.00. The molecule has 0 bridgehead atoms. The number of piperidine rings is 1. The molecule has 7 nitrogen and oxygen atoms in total. The van der Waals surface area contributed by atoms with E-state index in [2.05, 4.69) is 10.0 Å². The lowest BCUT2D eigenvalue weighted by atomic mass is 9.85. The lowest BCUT2D eigenvalue weighted by molar-refractivity contribution is -0.138. The molecule has 0 saturated carbocycles. The number of anilines is 1. The summed E-state index contributed by atoms with van der Waals surface area (Å²) in [6.07, 6.45) is 2.17. The Bertz CT molecular complexity index is 764. The molecule has 1 fully saturated rings. The van der Waals surface area contributed by atoms with Crippen molar-refractivity contribution < 1.29 is 18.0 Å². The molecule has 1 atom stereocenters. The molecule has 0 aliphatic carbocycles. The van der Waals surface area contributed by atoms with Crippen LogP contribution in [0, 0.1) is 11.3 Å². The van der Waals surface area contributed by atoms with E-state index in [1.165, 1.54) is 0 Å². The van der Waals surface area contributed by atoms with Gasteiger partial charge in [-0.2, -0.15) is 0 Å². The van der Waals surface area contributed by atoms with Crippen molar-refractivity contribution in [1.29, 1.82) is 0 Å². The third-order valence-corrected chi connectivity index (χ3v) is 5.33. The third-order valence-electron chi connectivity index (χ3n) is 4.66. The van der Waals surface area contributed by atoms with Crippen LogP contribution in [0.3, 0.4) is 0 Å². The maximum atomic E-state index is 12.9. The molecule has 0 aromatic heterocycles. The lowest BCUT2D eigenvalue weighted by Crippen LogP contribution is -2.56. The maximum Gasteiger partial charge on any atom is 0.241 e. The normalized spacial score (nSPS) is 17.4. The van der Waals surface area contributed by atoms with E-state index < -0.39 is 21.5 Å². The molecular weight excluding hydrogens is 366 g/mol. The van der Waals surface area contributed by atoms with Crippen molar-refractivity contribution in [3.8, 4) is 0 Å². The summed E-state index contributed by atoms with van der Waals surface area (Å²) in [6.45, 7) is 6.35. The highest BCUT2D eigenvalue weighted by atomic mass is 32.2. The van der Waals surface area contributed by atoms with Crippen molar-refractivity contribution in [2.24, 2.45) is 11.3 Å². The molecule has 1 aliphatic heterocycles. The fourth-order valence-electron chi connectivity index (χ4n) is 3.12. The number of amides is 2. The van der Waals surface area contributed by atoms with Crippen LogP contribution < -0.4 is 10.0 Å². The number of benzene rings is 1. The molecule has 1 saturated heterocycles. The van der Waals surface area contributed by atoms with Gasteiger partial charge in [0, 0.05) is 24.7 Å². The van der Waals surface area contributed by atoms with Crippen molar-refractivity contribution in [3.63, 3.8) is 0 Å². The monoisotopic (exact) mass is 395 g/mol. The molecule has 0 radical (unpaired) electrons. The van der Waals surface area contributed by atoms with Crippen LogP contribution in [-0.2, 0) is 19.6 Å². The van der Waals surface area contributed by atoms with E-state index in [0.29, 0.717) is 25.9 Å². The Hall–Kier alpha value is -1.93. The molecule has 2 rings (SSSR count). The van der Waals surface area contributed by atoms with Gasteiger partial charge in [-0.05, 0) is 30.4 Å². The van der Waals surface area contributed by atoms with E-state index in [9.17, 15) is 18.0 Å². The van der Waals surface area contributed by atoms with Gasteiger partial charge < -0.3 is 10.2 Å². The molecule has 27 heavy (non-hydrogen) atoms. The van der Waals surface area contributed by atoms with E-state index in [-0.39, 0.29) is 17.7 Å². The van der Waals surface area contributed by atoms with Gasteiger partial charge in [-0.1, -0.05) is 39.0 Å². The number of para-hydroxylation sites is 1. The van der Waals surface area contributed by atoms with Crippen molar-refractivity contribution in [3.05, 3.63) is 30.3 Å². The Morgan fingerprint density at radius 3 is 2.15 bits per heavy atom. The first-order chi connectivity index (χ1) is 12.5. The first-order valence-electron chi connectivity index (χ1n) is 9.09. The predicted molar refractivity (Wildman–Crippen MR) is 106 cm³/mol. The molecule has 2 N–H and O–H groups in total. The first-order valence-corrected chi connectivity index (χ1v) is 11.0. The Kier molecular flexibility index (Phi) is 6.64. The lowest BCUT2D eigenvalue weighted by Gasteiger charge is -2.37. The minimum atomic E-state index is -3.51. The Balaban J connectivity index is 1.97. The number of nitrogens with one attached hydrogen (secondary N) is 2. The molecule has 0 spiro atoms. The molecule has 1 aliphatic rings. The van der Waals surface area contributed by atoms with Gasteiger partial charge in [-0.25, -0.2) is 13.1 Å². The third kappa shape index (κ3) is 6.32. The van der Waals surface area contributed by atoms with Gasteiger partial charge in [0.05, 0.1) is 6.26 Å². The van der Waals surface area contributed by atoms with Crippen molar-refractivity contribution in [1.82, 2.24) is 9.62 Å². The highest BCUT2D eigenvalue weighted by molar-refractivity contribution is 7.88. The largest absolute Gasteiger partial charge is 0.341 e. The summed E-state index contributed by atoms with van der Waals surface area (Å²) in [5.74, 6) is -0.449. The first kappa shape index (κ1) is 21.4. The molecule has 8 heteroatoms. The van der Waals surface area contributed by atoms with E-state index in [1.54, 1.807) is 4.90 Å². The number of rotatable bonds is 5. The van der Waals surface area contributed by atoms with Crippen LogP contribution in [0.1, 0.15) is 33.6 Å². The van der Waals surface area contributed by atoms with Crippen molar-refractivity contribution in [2.75, 3.05) is 24.7 Å². The minimum Gasteiger partial charge on any atom is -0.341 e. The van der Waals surface area contributed by atoms with Gasteiger partial charge in [0.25, 0.3) is 0 Å².